The fourth-order valence-corrected chi connectivity index (χ4v) is 2.64. The Kier molecular flexibility index (Phi) is 6.21. The average molecular weight is 306 g/mol. The first kappa shape index (κ1) is 16.8. The normalized spacial score (nSPS) is 19.2. The van der Waals surface area contributed by atoms with E-state index in [0.29, 0.717) is 18.0 Å². The maximum Gasteiger partial charge on any atom is 0.251 e. The number of hydrogen-bond donors (Lipinski definition) is 1. The highest BCUT2D eigenvalue weighted by molar-refractivity contribution is 5.94. The summed E-state index contributed by atoms with van der Waals surface area (Å²) >= 11 is 0. The molecule has 1 aliphatic rings. The van der Waals surface area contributed by atoms with Crippen molar-refractivity contribution in [3.05, 3.63) is 29.8 Å². The van der Waals surface area contributed by atoms with Crippen molar-refractivity contribution in [1.29, 1.82) is 0 Å². The van der Waals surface area contributed by atoms with E-state index in [1.807, 2.05) is 0 Å². The summed E-state index contributed by atoms with van der Waals surface area (Å²) in [5, 5.41) is 2.95. The number of benzene rings is 1. The smallest absolute Gasteiger partial charge is 0.251 e. The number of rotatable bonds is 6. The van der Waals surface area contributed by atoms with Crippen LogP contribution in [0.15, 0.2) is 24.3 Å². The molecule has 1 N–H and O–H groups in total. The van der Waals surface area contributed by atoms with Crippen molar-refractivity contribution in [3.63, 3.8) is 0 Å². The minimum Gasteiger partial charge on any atom is -0.497 e. The summed E-state index contributed by atoms with van der Waals surface area (Å²) < 4.78 is 10.8. The Labute approximate surface area is 132 Å². The van der Waals surface area contributed by atoms with Crippen LogP contribution in [0.1, 0.15) is 24.2 Å². The van der Waals surface area contributed by atoms with E-state index in [9.17, 15) is 4.79 Å². The van der Waals surface area contributed by atoms with E-state index < -0.39 is 0 Å². The van der Waals surface area contributed by atoms with Gasteiger partial charge in [0.05, 0.1) is 19.8 Å². The third kappa shape index (κ3) is 5.00. The summed E-state index contributed by atoms with van der Waals surface area (Å²) in [6.45, 7) is 8.63. The molecule has 1 amide bonds. The lowest BCUT2D eigenvalue weighted by molar-refractivity contribution is -0.0295. The lowest BCUT2D eigenvalue weighted by Gasteiger charge is -2.33. The lowest BCUT2D eigenvalue weighted by Crippen LogP contribution is -2.48. The van der Waals surface area contributed by atoms with E-state index >= 15 is 0 Å². The number of ether oxygens (including phenoxy) is 2. The van der Waals surface area contributed by atoms with Gasteiger partial charge < -0.3 is 14.8 Å². The van der Waals surface area contributed by atoms with Crippen LogP contribution in [0.4, 0.5) is 0 Å². The zero-order valence-electron chi connectivity index (χ0n) is 13.7. The molecule has 1 aromatic carbocycles. The number of carbonyl (C=O) groups is 1. The summed E-state index contributed by atoms with van der Waals surface area (Å²) in [4.78, 5) is 14.5. The number of nitrogens with one attached hydrogen (secondary N) is 1. The largest absolute Gasteiger partial charge is 0.497 e. The Hall–Kier alpha value is -1.59. The maximum absolute atomic E-state index is 12.1. The quantitative estimate of drug-likeness (QED) is 0.870. The minimum atomic E-state index is -0.0766. The number of morpholine rings is 1. The van der Waals surface area contributed by atoms with Crippen molar-refractivity contribution in [3.8, 4) is 5.75 Å². The molecule has 1 unspecified atom stereocenters. The Morgan fingerprint density at radius 2 is 2.14 bits per heavy atom. The lowest BCUT2D eigenvalue weighted by atomic mass is 10.1. The molecule has 1 fully saturated rings. The average Bonchev–Trinajstić information content (AvgIpc) is 2.52. The third-order valence-electron chi connectivity index (χ3n) is 3.69. The molecule has 1 heterocycles. The van der Waals surface area contributed by atoms with E-state index in [4.69, 9.17) is 9.47 Å². The number of amides is 1. The molecule has 5 nitrogen and oxygen atoms in total. The van der Waals surface area contributed by atoms with Gasteiger partial charge in [0, 0.05) is 31.7 Å². The number of carbonyl (C=O) groups excluding carboxylic acids is 1. The van der Waals surface area contributed by atoms with Crippen molar-refractivity contribution in [2.45, 2.75) is 20.0 Å². The molecule has 0 spiro atoms. The van der Waals surface area contributed by atoms with Crippen LogP contribution in [0.5, 0.6) is 5.75 Å². The highest BCUT2D eigenvalue weighted by Crippen LogP contribution is 2.11. The zero-order chi connectivity index (χ0) is 15.9. The van der Waals surface area contributed by atoms with Gasteiger partial charge in [-0.05, 0) is 30.2 Å². The summed E-state index contributed by atoms with van der Waals surface area (Å²) in [5.74, 6) is 1.32. The Morgan fingerprint density at radius 3 is 2.77 bits per heavy atom. The van der Waals surface area contributed by atoms with Gasteiger partial charge in [0.1, 0.15) is 5.75 Å². The van der Waals surface area contributed by atoms with Crippen LogP contribution >= 0.6 is 0 Å². The molecule has 1 aromatic rings. The van der Waals surface area contributed by atoms with Gasteiger partial charge >= 0.3 is 0 Å². The van der Waals surface area contributed by atoms with E-state index in [0.717, 1.165) is 32.0 Å². The molecule has 22 heavy (non-hydrogen) atoms. The van der Waals surface area contributed by atoms with Crippen LogP contribution in [0.3, 0.4) is 0 Å². The highest BCUT2D eigenvalue weighted by atomic mass is 16.5. The molecule has 1 aliphatic heterocycles. The molecule has 0 radical (unpaired) electrons. The predicted octanol–water partition coefficient (Wildman–Crippen LogP) is 1.78. The first-order chi connectivity index (χ1) is 10.6. The van der Waals surface area contributed by atoms with Gasteiger partial charge in [-0.1, -0.05) is 13.8 Å². The van der Waals surface area contributed by atoms with Crippen molar-refractivity contribution < 1.29 is 14.3 Å². The molecule has 2 rings (SSSR count). The minimum absolute atomic E-state index is 0.0645. The van der Waals surface area contributed by atoms with E-state index in [2.05, 4.69) is 24.1 Å². The summed E-state index contributed by atoms with van der Waals surface area (Å²) in [7, 11) is 1.61. The Balaban J connectivity index is 1.79. The molecule has 122 valence electrons. The molecule has 0 saturated carbocycles. The summed E-state index contributed by atoms with van der Waals surface area (Å²) in [6, 6.07) is 7.11. The molecule has 0 aromatic heterocycles. The Morgan fingerprint density at radius 1 is 1.41 bits per heavy atom. The van der Waals surface area contributed by atoms with Gasteiger partial charge in [0.2, 0.25) is 0 Å². The Bertz CT molecular complexity index is 473. The van der Waals surface area contributed by atoms with Crippen molar-refractivity contribution in [2.24, 2.45) is 5.92 Å². The maximum atomic E-state index is 12.1. The van der Waals surface area contributed by atoms with Crippen LogP contribution in [0.25, 0.3) is 0 Å². The second kappa shape index (κ2) is 8.15. The molecule has 1 atom stereocenters. The number of methoxy groups -OCH3 is 1. The fourth-order valence-electron chi connectivity index (χ4n) is 2.64. The van der Waals surface area contributed by atoms with Crippen molar-refractivity contribution in [2.75, 3.05) is 39.9 Å². The van der Waals surface area contributed by atoms with Crippen LogP contribution < -0.4 is 10.1 Å². The highest BCUT2D eigenvalue weighted by Gasteiger charge is 2.21. The van der Waals surface area contributed by atoms with Gasteiger partial charge in [-0.2, -0.15) is 0 Å². The molecule has 5 heteroatoms. The van der Waals surface area contributed by atoms with E-state index in [-0.39, 0.29) is 12.0 Å². The standard InChI is InChI=1S/C17H26N2O3/c1-13(2)11-19-8-9-22-16(12-19)10-18-17(20)14-4-6-15(21-3)7-5-14/h4-7,13,16H,8-12H2,1-3H3,(H,18,20). The van der Waals surface area contributed by atoms with Gasteiger partial charge in [-0.3, -0.25) is 9.69 Å². The van der Waals surface area contributed by atoms with Crippen LogP contribution in [-0.4, -0.2) is 56.8 Å². The van der Waals surface area contributed by atoms with Crippen LogP contribution in [-0.2, 0) is 4.74 Å². The summed E-state index contributed by atoms with van der Waals surface area (Å²) in [6.07, 6.45) is 0.0645. The third-order valence-corrected chi connectivity index (χ3v) is 3.69. The first-order valence-corrected chi connectivity index (χ1v) is 7.84. The first-order valence-electron chi connectivity index (χ1n) is 7.84. The monoisotopic (exact) mass is 306 g/mol. The number of nitrogens with zero attached hydrogens (tertiary/aromatic N) is 1. The molecular formula is C17H26N2O3. The zero-order valence-corrected chi connectivity index (χ0v) is 13.7. The SMILES string of the molecule is COc1ccc(C(=O)NCC2CN(CC(C)C)CCO2)cc1. The van der Waals surface area contributed by atoms with Crippen molar-refractivity contribution in [1.82, 2.24) is 10.2 Å². The molecular weight excluding hydrogens is 280 g/mol. The number of hydrogen-bond acceptors (Lipinski definition) is 4. The topological polar surface area (TPSA) is 50.8 Å². The molecule has 0 aliphatic carbocycles. The summed E-state index contributed by atoms with van der Waals surface area (Å²) in [5.41, 5.74) is 0.635. The second-order valence-corrected chi connectivity index (χ2v) is 6.08. The second-order valence-electron chi connectivity index (χ2n) is 6.08. The molecule has 1 saturated heterocycles. The van der Waals surface area contributed by atoms with Gasteiger partial charge in [-0.25, -0.2) is 0 Å². The van der Waals surface area contributed by atoms with E-state index in [1.54, 1.807) is 31.4 Å². The predicted molar refractivity (Wildman–Crippen MR) is 86.3 cm³/mol. The van der Waals surface area contributed by atoms with Gasteiger partial charge in [0.25, 0.3) is 5.91 Å². The van der Waals surface area contributed by atoms with E-state index in [1.165, 1.54) is 0 Å². The molecule has 0 bridgehead atoms. The van der Waals surface area contributed by atoms with Gasteiger partial charge in [0.15, 0.2) is 0 Å². The van der Waals surface area contributed by atoms with Crippen LogP contribution in [0, 0.1) is 5.92 Å². The van der Waals surface area contributed by atoms with Crippen molar-refractivity contribution >= 4 is 5.91 Å². The van der Waals surface area contributed by atoms with Crippen LogP contribution in [0.2, 0.25) is 0 Å². The fraction of sp³-hybridized carbons (Fsp3) is 0.588. The van der Waals surface area contributed by atoms with Gasteiger partial charge in [-0.15, -0.1) is 0 Å².